The number of rotatable bonds is 1. The van der Waals surface area contributed by atoms with Gasteiger partial charge in [-0.25, -0.2) is 0 Å². The second-order valence-corrected chi connectivity index (χ2v) is 4.87. The molecule has 16 heavy (non-hydrogen) atoms. The quantitative estimate of drug-likeness (QED) is 0.708. The van der Waals surface area contributed by atoms with Crippen LogP contribution in [0.3, 0.4) is 0 Å². The van der Waals surface area contributed by atoms with Gasteiger partial charge in [-0.2, -0.15) is 0 Å². The number of hydrogen-bond acceptors (Lipinski definition) is 1. The van der Waals surface area contributed by atoms with Crippen LogP contribution < -0.4 is 0 Å². The summed E-state index contributed by atoms with van der Waals surface area (Å²) in [5.41, 5.74) is 4.13. The van der Waals surface area contributed by atoms with Crippen LogP contribution in [0.4, 0.5) is 0 Å². The Morgan fingerprint density at radius 2 is 2.06 bits per heavy atom. The van der Waals surface area contributed by atoms with Gasteiger partial charge in [0.05, 0.1) is 0 Å². The van der Waals surface area contributed by atoms with E-state index in [2.05, 4.69) is 32.0 Å². The number of carbonyl (C=O) groups is 1. The molecule has 0 radical (unpaired) electrons. The molecule has 0 spiro atoms. The van der Waals surface area contributed by atoms with Crippen LogP contribution in [0.5, 0.6) is 0 Å². The molecule has 0 N–H and O–H groups in total. The molecule has 2 nitrogen and oxygen atoms in total. The lowest BCUT2D eigenvalue weighted by molar-refractivity contribution is -0.129. The maximum Gasteiger partial charge on any atom is 0.219 e. The fourth-order valence-electron chi connectivity index (χ4n) is 2.20. The Bertz CT molecular complexity index is 409. The highest BCUT2D eigenvalue weighted by molar-refractivity contribution is 5.73. The predicted molar refractivity (Wildman–Crippen MR) is 65.3 cm³/mol. The fraction of sp³-hybridized carbons (Fsp3) is 0.500. The van der Waals surface area contributed by atoms with Gasteiger partial charge in [-0.05, 0) is 29.0 Å². The van der Waals surface area contributed by atoms with Gasteiger partial charge in [-0.15, -0.1) is 0 Å². The number of benzene rings is 1. The molecule has 1 aliphatic heterocycles. The Hall–Kier alpha value is -1.31. The predicted octanol–water partition coefficient (Wildman–Crippen LogP) is 2.71. The Morgan fingerprint density at radius 1 is 1.31 bits per heavy atom. The zero-order valence-corrected chi connectivity index (χ0v) is 10.3. The van der Waals surface area contributed by atoms with Crippen molar-refractivity contribution in [2.45, 2.75) is 39.7 Å². The van der Waals surface area contributed by atoms with Crippen molar-refractivity contribution in [2.75, 3.05) is 6.54 Å². The van der Waals surface area contributed by atoms with Crippen molar-refractivity contribution < 1.29 is 4.79 Å². The van der Waals surface area contributed by atoms with E-state index in [0.29, 0.717) is 5.92 Å². The van der Waals surface area contributed by atoms with Crippen LogP contribution >= 0.6 is 0 Å². The van der Waals surface area contributed by atoms with Crippen LogP contribution in [-0.2, 0) is 17.8 Å². The zero-order chi connectivity index (χ0) is 11.7. The van der Waals surface area contributed by atoms with Gasteiger partial charge in [0.2, 0.25) is 5.91 Å². The molecule has 0 saturated carbocycles. The van der Waals surface area contributed by atoms with Gasteiger partial charge >= 0.3 is 0 Å². The molecule has 0 aliphatic carbocycles. The molecule has 0 aromatic heterocycles. The average Bonchev–Trinajstić information content (AvgIpc) is 2.27. The van der Waals surface area contributed by atoms with Crippen molar-refractivity contribution in [2.24, 2.45) is 0 Å². The molecule has 1 aromatic rings. The van der Waals surface area contributed by atoms with Crippen molar-refractivity contribution >= 4 is 5.91 Å². The number of nitrogens with zero attached hydrogens (tertiary/aromatic N) is 1. The normalized spacial score (nSPS) is 15.1. The highest BCUT2D eigenvalue weighted by atomic mass is 16.2. The molecule has 1 aromatic carbocycles. The van der Waals surface area contributed by atoms with Crippen molar-refractivity contribution in [3.05, 3.63) is 34.9 Å². The summed E-state index contributed by atoms with van der Waals surface area (Å²) in [7, 11) is 0. The number of hydrogen-bond donors (Lipinski definition) is 0. The minimum atomic E-state index is 0.179. The maximum absolute atomic E-state index is 11.3. The Kier molecular flexibility index (Phi) is 2.99. The van der Waals surface area contributed by atoms with Crippen LogP contribution in [0.2, 0.25) is 0 Å². The fourth-order valence-corrected chi connectivity index (χ4v) is 2.20. The summed E-state index contributed by atoms with van der Waals surface area (Å²) in [6, 6.07) is 6.67. The second-order valence-electron chi connectivity index (χ2n) is 4.87. The van der Waals surface area contributed by atoms with Gasteiger partial charge in [0.25, 0.3) is 0 Å². The Balaban J connectivity index is 2.25. The molecule has 0 fully saturated rings. The van der Waals surface area contributed by atoms with E-state index >= 15 is 0 Å². The first-order valence-electron chi connectivity index (χ1n) is 5.95. The summed E-state index contributed by atoms with van der Waals surface area (Å²) in [4.78, 5) is 13.2. The molecule has 2 heteroatoms. The standard InChI is InChI=1S/C14H19NO/c1-10(2)12-4-5-14-9-15(11(3)16)7-6-13(14)8-12/h4-5,8,10H,6-7,9H2,1-3H3. The second kappa shape index (κ2) is 4.28. The van der Waals surface area contributed by atoms with Gasteiger partial charge in [-0.3, -0.25) is 4.79 Å². The number of amides is 1. The third kappa shape index (κ3) is 2.11. The summed E-state index contributed by atoms with van der Waals surface area (Å²) in [6.07, 6.45) is 0.996. The average molecular weight is 217 g/mol. The monoisotopic (exact) mass is 217 g/mol. The molecule has 0 unspecified atom stereocenters. The van der Waals surface area contributed by atoms with Crippen molar-refractivity contribution in [1.82, 2.24) is 4.90 Å². The van der Waals surface area contributed by atoms with Crippen molar-refractivity contribution in [3.8, 4) is 0 Å². The van der Waals surface area contributed by atoms with E-state index in [-0.39, 0.29) is 5.91 Å². The van der Waals surface area contributed by atoms with Crippen molar-refractivity contribution in [3.63, 3.8) is 0 Å². The lowest BCUT2D eigenvalue weighted by Crippen LogP contribution is -2.34. The largest absolute Gasteiger partial charge is 0.338 e. The van der Waals surface area contributed by atoms with Crippen LogP contribution in [-0.4, -0.2) is 17.4 Å². The Labute approximate surface area is 97.3 Å². The summed E-state index contributed by atoms with van der Waals surface area (Å²) in [5, 5.41) is 0. The molecule has 1 heterocycles. The van der Waals surface area contributed by atoms with Gasteiger partial charge in [0, 0.05) is 20.0 Å². The van der Waals surface area contributed by atoms with Gasteiger partial charge < -0.3 is 4.90 Å². The molecular weight excluding hydrogens is 198 g/mol. The van der Waals surface area contributed by atoms with Crippen molar-refractivity contribution in [1.29, 1.82) is 0 Å². The first kappa shape index (κ1) is 11.2. The minimum Gasteiger partial charge on any atom is -0.338 e. The van der Waals surface area contributed by atoms with E-state index in [9.17, 15) is 4.79 Å². The highest BCUT2D eigenvalue weighted by Gasteiger charge is 2.18. The summed E-state index contributed by atoms with van der Waals surface area (Å²) in [6.45, 7) is 7.72. The van der Waals surface area contributed by atoms with E-state index < -0.39 is 0 Å². The van der Waals surface area contributed by atoms with E-state index in [1.165, 1.54) is 16.7 Å². The third-order valence-corrected chi connectivity index (χ3v) is 3.35. The van der Waals surface area contributed by atoms with Gasteiger partial charge in [-0.1, -0.05) is 32.0 Å². The molecule has 1 aliphatic rings. The molecule has 2 rings (SSSR count). The zero-order valence-electron chi connectivity index (χ0n) is 10.3. The Morgan fingerprint density at radius 3 is 2.69 bits per heavy atom. The van der Waals surface area contributed by atoms with Crippen LogP contribution in [0.1, 0.15) is 43.4 Å². The van der Waals surface area contributed by atoms with E-state index in [1.807, 2.05) is 4.90 Å². The lowest BCUT2D eigenvalue weighted by atomic mass is 9.93. The smallest absolute Gasteiger partial charge is 0.219 e. The lowest BCUT2D eigenvalue weighted by Gasteiger charge is -2.28. The maximum atomic E-state index is 11.3. The first-order valence-corrected chi connectivity index (χ1v) is 5.95. The van der Waals surface area contributed by atoms with E-state index in [4.69, 9.17) is 0 Å². The summed E-state index contributed by atoms with van der Waals surface area (Å²) in [5.74, 6) is 0.759. The minimum absolute atomic E-state index is 0.179. The van der Waals surface area contributed by atoms with E-state index in [0.717, 1.165) is 19.5 Å². The molecule has 0 bridgehead atoms. The summed E-state index contributed by atoms with van der Waals surface area (Å²) < 4.78 is 0. The first-order chi connectivity index (χ1) is 7.58. The van der Waals surface area contributed by atoms with Crippen LogP contribution in [0.25, 0.3) is 0 Å². The number of fused-ring (bicyclic) bond motifs is 1. The third-order valence-electron chi connectivity index (χ3n) is 3.35. The summed E-state index contributed by atoms with van der Waals surface area (Å²) >= 11 is 0. The SMILES string of the molecule is CC(=O)N1CCc2cc(C(C)C)ccc2C1. The molecule has 0 atom stereocenters. The van der Waals surface area contributed by atoms with Gasteiger partial charge in [0.1, 0.15) is 0 Å². The molecule has 0 saturated heterocycles. The van der Waals surface area contributed by atoms with E-state index in [1.54, 1.807) is 6.92 Å². The topological polar surface area (TPSA) is 20.3 Å². The molecule has 86 valence electrons. The van der Waals surface area contributed by atoms with Crippen LogP contribution in [0.15, 0.2) is 18.2 Å². The number of carbonyl (C=O) groups excluding carboxylic acids is 1. The molecular formula is C14H19NO. The van der Waals surface area contributed by atoms with Gasteiger partial charge in [0.15, 0.2) is 0 Å². The highest BCUT2D eigenvalue weighted by Crippen LogP contribution is 2.23. The van der Waals surface area contributed by atoms with Crippen LogP contribution in [0, 0.1) is 0 Å². The molecule has 1 amide bonds.